The summed E-state index contributed by atoms with van der Waals surface area (Å²) in [4.78, 5) is 11.7. The summed E-state index contributed by atoms with van der Waals surface area (Å²) in [7, 11) is 1.28. The molecule has 0 aliphatic heterocycles. The van der Waals surface area contributed by atoms with Crippen LogP contribution in [0.2, 0.25) is 0 Å². The van der Waals surface area contributed by atoms with E-state index in [0.717, 1.165) is 25.7 Å². The number of hydrogen-bond acceptors (Lipinski definition) is 4. The zero-order valence-corrected chi connectivity index (χ0v) is 12.6. The highest BCUT2D eigenvalue weighted by atomic mass is 19.1. The van der Waals surface area contributed by atoms with E-state index in [9.17, 15) is 9.18 Å². The van der Waals surface area contributed by atoms with E-state index in [2.05, 4.69) is 17.0 Å². The fourth-order valence-corrected chi connectivity index (χ4v) is 3.07. The number of ether oxygens (including phenoxy) is 1. The molecule has 1 aliphatic carbocycles. The fourth-order valence-electron chi connectivity index (χ4n) is 3.07. The maximum absolute atomic E-state index is 14.1. The van der Waals surface area contributed by atoms with Crippen molar-refractivity contribution in [2.45, 2.75) is 45.1 Å². The van der Waals surface area contributed by atoms with Crippen LogP contribution in [0.1, 0.15) is 49.4 Å². The SMILES string of the molecule is CCC1CCCCC1Nc1cc(C(=O)OC)c(N)cc1F. The number of halogens is 1. The molecule has 5 heteroatoms. The Morgan fingerprint density at radius 1 is 1.43 bits per heavy atom. The molecule has 3 N–H and O–H groups in total. The van der Waals surface area contributed by atoms with E-state index in [1.165, 1.54) is 25.7 Å². The Morgan fingerprint density at radius 2 is 2.14 bits per heavy atom. The molecule has 1 aromatic carbocycles. The second kappa shape index (κ2) is 6.78. The molecule has 21 heavy (non-hydrogen) atoms. The topological polar surface area (TPSA) is 64.3 Å². The zero-order valence-electron chi connectivity index (χ0n) is 12.6. The van der Waals surface area contributed by atoms with Gasteiger partial charge in [0.15, 0.2) is 0 Å². The van der Waals surface area contributed by atoms with Crippen molar-refractivity contribution in [2.24, 2.45) is 5.92 Å². The lowest BCUT2D eigenvalue weighted by Gasteiger charge is -2.32. The van der Waals surface area contributed by atoms with E-state index in [1.54, 1.807) is 0 Å². The first-order chi connectivity index (χ1) is 10.1. The highest BCUT2D eigenvalue weighted by Crippen LogP contribution is 2.31. The van der Waals surface area contributed by atoms with Gasteiger partial charge in [0.1, 0.15) is 5.82 Å². The van der Waals surface area contributed by atoms with Crippen LogP contribution in [-0.4, -0.2) is 19.1 Å². The summed E-state index contributed by atoms with van der Waals surface area (Å²) >= 11 is 0. The van der Waals surface area contributed by atoms with Crippen LogP contribution in [0.15, 0.2) is 12.1 Å². The Morgan fingerprint density at radius 3 is 2.81 bits per heavy atom. The van der Waals surface area contributed by atoms with Gasteiger partial charge in [-0.1, -0.05) is 26.2 Å². The molecule has 0 saturated heterocycles. The Hall–Kier alpha value is -1.78. The van der Waals surface area contributed by atoms with Crippen molar-refractivity contribution in [3.63, 3.8) is 0 Å². The summed E-state index contributed by atoms with van der Waals surface area (Å²) in [6, 6.07) is 2.88. The molecule has 1 aromatic rings. The van der Waals surface area contributed by atoms with Gasteiger partial charge in [-0.25, -0.2) is 9.18 Å². The first-order valence-electron chi connectivity index (χ1n) is 7.50. The van der Waals surface area contributed by atoms with Gasteiger partial charge in [-0.15, -0.1) is 0 Å². The molecule has 2 atom stereocenters. The van der Waals surface area contributed by atoms with Gasteiger partial charge in [-0.2, -0.15) is 0 Å². The second-order valence-electron chi connectivity index (χ2n) is 5.61. The van der Waals surface area contributed by atoms with Crippen LogP contribution < -0.4 is 11.1 Å². The van der Waals surface area contributed by atoms with Crippen molar-refractivity contribution in [3.05, 3.63) is 23.5 Å². The minimum absolute atomic E-state index is 0.0978. The van der Waals surface area contributed by atoms with Crippen molar-refractivity contribution in [1.82, 2.24) is 0 Å². The highest BCUT2D eigenvalue weighted by Gasteiger charge is 2.25. The maximum Gasteiger partial charge on any atom is 0.340 e. The van der Waals surface area contributed by atoms with Crippen LogP contribution in [0, 0.1) is 11.7 Å². The number of nitrogen functional groups attached to an aromatic ring is 1. The number of nitrogens with two attached hydrogens (primary N) is 1. The Bertz CT molecular complexity index is 519. The number of rotatable bonds is 4. The molecule has 1 aliphatic rings. The van der Waals surface area contributed by atoms with Crippen LogP contribution in [-0.2, 0) is 4.74 Å². The van der Waals surface area contributed by atoms with Gasteiger partial charge in [-0.05, 0) is 30.9 Å². The first kappa shape index (κ1) is 15.6. The van der Waals surface area contributed by atoms with Gasteiger partial charge in [0.25, 0.3) is 0 Å². The van der Waals surface area contributed by atoms with E-state index in [-0.39, 0.29) is 17.3 Å². The summed E-state index contributed by atoms with van der Waals surface area (Å²) in [6.07, 6.45) is 5.63. The van der Waals surface area contributed by atoms with Gasteiger partial charge in [-0.3, -0.25) is 0 Å². The number of anilines is 2. The first-order valence-corrected chi connectivity index (χ1v) is 7.50. The average Bonchev–Trinajstić information content (AvgIpc) is 2.49. The molecule has 0 radical (unpaired) electrons. The molecule has 0 spiro atoms. The minimum Gasteiger partial charge on any atom is -0.465 e. The third-order valence-electron chi connectivity index (χ3n) is 4.32. The van der Waals surface area contributed by atoms with E-state index < -0.39 is 11.8 Å². The van der Waals surface area contributed by atoms with E-state index >= 15 is 0 Å². The number of esters is 1. The van der Waals surface area contributed by atoms with Crippen LogP contribution in [0.5, 0.6) is 0 Å². The van der Waals surface area contributed by atoms with Crippen LogP contribution in [0.4, 0.5) is 15.8 Å². The van der Waals surface area contributed by atoms with E-state index in [1.807, 2.05) is 0 Å². The third kappa shape index (κ3) is 3.46. The molecule has 2 unspecified atom stereocenters. The summed E-state index contributed by atoms with van der Waals surface area (Å²) < 4.78 is 18.8. The number of hydrogen-bond donors (Lipinski definition) is 2. The molecule has 1 saturated carbocycles. The summed E-state index contributed by atoms with van der Waals surface area (Å²) in [5.41, 5.74) is 6.31. The maximum atomic E-state index is 14.1. The largest absolute Gasteiger partial charge is 0.465 e. The molecule has 0 amide bonds. The summed E-state index contributed by atoms with van der Waals surface area (Å²) in [5, 5.41) is 3.26. The van der Waals surface area contributed by atoms with Gasteiger partial charge in [0.05, 0.1) is 18.4 Å². The molecular weight excluding hydrogens is 271 g/mol. The van der Waals surface area contributed by atoms with E-state index in [0.29, 0.717) is 11.6 Å². The van der Waals surface area contributed by atoms with Gasteiger partial charge in [0, 0.05) is 11.7 Å². The lowest BCUT2D eigenvalue weighted by Crippen LogP contribution is -2.32. The monoisotopic (exact) mass is 294 g/mol. The lowest BCUT2D eigenvalue weighted by atomic mass is 9.82. The summed E-state index contributed by atoms with van der Waals surface area (Å²) in [6.45, 7) is 2.16. The van der Waals surface area contributed by atoms with Crippen molar-refractivity contribution in [3.8, 4) is 0 Å². The minimum atomic E-state index is -0.550. The second-order valence-corrected chi connectivity index (χ2v) is 5.61. The van der Waals surface area contributed by atoms with Crippen LogP contribution >= 0.6 is 0 Å². The Labute approximate surface area is 124 Å². The Kier molecular flexibility index (Phi) is 5.04. The number of carbonyl (C=O) groups is 1. The molecule has 0 bridgehead atoms. The van der Waals surface area contributed by atoms with Gasteiger partial charge >= 0.3 is 5.97 Å². The molecule has 1 fully saturated rings. The number of methoxy groups -OCH3 is 1. The number of benzene rings is 1. The van der Waals surface area contributed by atoms with Crippen LogP contribution in [0.25, 0.3) is 0 Å². The molecule has 4 nitrogen and oxygen atoms in total. The van der Waals surface area contributed by atoms with E-state index in [4.69, 9.17) is 5.73 Å². The van der Waals surface area contributed by atoms with Crippen molar-refractivity contribution < 1.29 is 13.9 Å². The Balaban J connectivity index is 2.24. The molecular formula is C16H23FN2O2. The third-order valence-corrected chi connectivity index (χ3v) is 4.32. The molecule has 0 heterocycles. The quantitative estimate of drug-likeness (QED) is 0.658. The molecule has 0 aromatic heterocycles. The van der Waals surface area contributed by atoms with Crippen LogP contribution in [0.3, 0.4) is 0 Å². The predicted molar refractivity (Wildman–Crippen MR) is 81.8 cm³/mol. The predicted octanol–water partition coefficient (Wildman–Crippen LogP) is 3.58. The smallest absolute Gasteiger partial charge is 0.340 e. The molecule has 2 rings (SSSR count). The molecule has 116 valence electrons. The standard InChI is InChI=1S/C16H23FN2O2/c1-3-10-6-4-5-7-14(10)19-15-8-11(16(20)21-2)13(18)9-12(15)17/h8-10,14,19H,3-7,18H2,1-2H3. The fraction of sp³-hybridized carbons (Fsp3) is 0.562. The average molecular weight is 294 g/mol. The normalized spacial score (nSPS) is 21.9. The number of nitrogens with one attached hydrogen (secondary N) is 1. The van der Waals surface area contributed by atoms with Crippen molar-refractivity contribution >= 4 is 17.3 Å². The summed E-state index contributed by atoms with van der Waals surface area (Å²) in [5.74, 6) is -0.441. The zero-order chi connectivity index (χ0) is 15.4. The van der Waals surface area contributed by atoms with Crippen molar-refractivity contribution in [1.29, 1.82) is 0 Å². The van der Waals surface area contributed by atoms with Crippen molar-refractivity contribution in [2.75, 3.05) is 18.2 Å². The highest BCUT2D eigenvalue weighted by molar-refractivity contribution is 5.96. The van der Waals surface area contributed by atoms with Gasteiger partial charge in [0.2, 0.25) is 0 Å². The lowest BCUT2D eigenvalue weighted by molar-refractivity contribution is 0.0602. The number of carbonyl (C=O) groups excluding carboxylic acids is 1. The van der Waals surface area contributed by atoms with Gasteiger partial charge < -0.3 is 15.8 Å².